The molecular formula is C13H10Br2O. The quantitative estimate of drug-likeness (QED) is 0.601. The summed E-state index contributed by atoms with van der Waals surface area (Å²) in [5, 5.41) is 2.93. The van der Waals surface area contributed by atoms with Crippen molar-refractivity contribution in [3.8, 4) is 0 Å². The number of hydrogen-bond donors (Lipinski definition) is 0. The van der Waals surface area contributed by atoms with Gasteiger partial charge in [-0.2, -0.15) is 0 Å². The number of carbonyl (C=O) groups excluding carboxylic acids is 1. The van der Waals surface area contributed by atoms with Gasteiger partial charge in [-0.1, -0.05) is 62.2 Å². The normalized spacial score (nSPS) is 12.6. The summed E-state index contributed by atoms with van der Waals surface area (Å²) in [7, 11) is 0. The molecule has 1 atom stereocenters. The van der Waals surface area contributed by atoms with Crippen molar-refractivity contribution in [3.05, 3.63) is 46.4 Å². The van der Waals surface area contributed by atoms with E-state index in [0.717, 1.165) is 27.1 Å². The third-order valence-electron chi connectivity index (χ3n) is 2.63. The molecule has 1 nitrogen and oxygen atoms in total. The number of benzene rings is 2. The summed E-state index contributed by atoms with van der Waals surface area (Å²) in [5.41, 5.74) is 1.07. The van der Waals surface area contributed by atoms with Gasteiger partial charge in [0.25, 0.3) is 0 Å². The average molecular weight is 342 g/mol. The van der Waals surface area contributed by atoms with Crippen molar-refractivity contribution in [3.63, 3.8) is 0 Å². The lowest BCUT2D eigenvalue weighted by molar-refractivity contribution is -0.108. The maximum absolute atomic E-state index is 11.0. The van der Waals surface area contributed by atoms with Crippen LogP contribution < -0.4 is 0 Å². The standard InChI is InChI=1S/C13H10Br2O/c14-7-9(8-16)10-5-6-13(15)12-4-2-1-3-11(10)12/h1-6,8-9H,7H2. The Morgan fingerprint density at radius 2 is 1.81 bits per heavy atom. The number of hydrogen-bond acceptors (Lipinski definition) is 1. The fourth-order valence-electron chi connectivity index (χ4n) is 1.80. The Hall–Kier alpha value is -0.670. The fourth-order valence-corrected chi connectivity index (χ4v) is 2.78. The van der Waals surface area contributed by atoms with E-state index in [2.05, 4.69) is 44.0 Å². The Bertz CT molecular complexity index is 522. The molecular weight excluding hydrogens is 332 g/mol. The number of fused-ring (bicyclic) bond motifs is 1. The number of rotatable bonds is 3. The minimum absolute atomic E-state index is 0.0852. The van der Waals surface area contributed by atoms with Gasteiger partial charge in [0.15, 0.2) is 0 Å². The summed E-state index contributed by atoms with van der Waals surface area (Å²) >= 11 is 6.90. The van der Waals surface area contributed by atoms with Crippen molar-refractivity contribution in [2.75, 3.05) is 5.33 Å². The third kappa shape index (κ3) is 2.06. The Labute approximate surface area is 111 Å². The van der Waals surface area contributed by atoms with E-state index >= 15 is 0 Å². The molecule has 0 aliphatic heterocycles. The van der Waals surface area contributed by atoms with Crippen molar-refractivity contribution < 1.29 is 4.79 Å². The van der Waals surface area contributed by atoms with Gasteiger partial charge in [-0.05, 0) is 22.4 Å². The smallest absolute Gasteiger partial charge is 0.128 e. The summed E-state index contributed by atoms with van der Waals surface area (Å²) in [6.45, 7) is 0. The molecule has 82 valence electrons. The fraction of sp³-hybridized carbons (Fsp3) is 0.154. The molecule has 0 aliphatic carbocycles. The predicted octanol–water partition coefficient (Wildman–Crippen LogP) is 4.28. The Balaban J connectivity index is 2.71. The van der Waals surface area contributed by atoms with Crippen LogP contribution in [-0.4, -0.2) is 11.6 Å². The minimum Gasteiger partial charge on any atom is -0.303 e. The molecule has 0 N–H and O–H groups in total. The molecule has 0 radical (unpaired) electrons. The highest BCUT2D eigenvalue weighted by Crippen LogP contribution is 2.30. The molecule has 2 rings (SSSR count). The van der Waals surface area contributed by atoms with Gasteiger partial charge in [-0.15, -0.1) is 0 Å². The van der Waals surface area contributed by atoms with Gasteiger partial charge in [-0.3, -0.25) is 0 Å². The van der Waals surface area contributed by atoms with E-state index < -0.39 is 0 Å². The predicted molar refractivity (Wildman–Crippen MR) is 74.2 cm³/mol. The van der Waals surface area contributed by atoms with Crippen LogP contribution in [0.15, 0.2) is 40.9 Å². The molecule has 2 aromatic rings. The van der Waals surface area contributed by atoms with Crippen LogP contribution in [0.5, 0.6) is 0 Å². The van der Waals surface area contributed by atoms with Crippen molar-refractivity contribution in [2.45, 2.75) is 5.92 Å². The summed E-state index contributed by atoms with van der Waals surface area (Å²) in [5.74, 6) is -0.0852. The van der Waals surface area contributed by atoms with Crippen LogP contribution in [0.3, 0.4) is 0 Å². The van der Waals surface area contributed by atoms with Gasteiger partial charge in [0.2, 0.25) is 0 Å². The Kier molecular flexibility index (Phi) is 3.77. The zero-order valence-corrected chi connectivity index (χ0v) is 11.7. The first-order valence-electron chi connectivity index (χ1n) is 4.96. The second-order valence-electron chi connectivity index (χ2n) is 3.58. The minimum atomic E-state index is -0.0852. The topological polar surface area (TPSA) is 17.1 Å². The van der Waals surface area contributed by atoms with Crippen molar-refractivity contribution >= 4 is 48.9 Å². The lowest BCUT2D eigenvalue weighted by Crippen LogP contribution is -2.02. The van der Waals surface area contributed by atoms with Crippen LogP contribution >= 0.6 is 31.9 Å². The summed E-state index contributed by atoms with van der Waals surface area (Å²) in [6, 6.07) is 12.1. The first-order valence-corrected chi connectivity index (χ1v) is 6.87. The third-order valence-corrected chi connectivity index (χ3v) is 4.02. The van der Waals surface area contributed by atoms with Gasteiger partial charge >= 0.3 is 0 Å². The van der Waals surface area contributed by atoms with E-state index in [1.54, 1.807) is 0 Å². The second-order valence-corrected chi connectivity index (χ2v) is 5.08. The number of halogens is 2. The largest absolute Gasteiger partial charge is 0.303 e. The number of alkyl halides is 1. The van der Waals surface area contributed by atoms with Crippen LogP contribution in [0.4, 0.5) is 0 Å². The van der Waals surface area contributed by atoms with E-state index in [1.165, 1.54) is 0 Å². The van der Waals surface area contributed by atoms with E-state index in [0.29, 0.717) is 5.33 Å². The molecule has 0 amide bonds. The molecule has 2 aromatic carbocycles. The highest BCUT2D eigenvalue weighted by molar-refractivity contribution is 9.10. The molecule has 0 saturated carbocycles. The van der Waals surface area contributed by atoms with Gasteiger partial charge in [0, 0.05) is 15.7 Å². The van der Waals surface area contributed by atoms with Gasteiger partial charge < -0.3 is 4.79 Å². The molecule has 0 bridgehead atoms. The first kappa shape index (κ1) is 11.8. The zero-order valence-electron chi connectivity index (χ0n) is 8.49. The van der Waals surface area contributed by atoms with Crippen molar-refractivity contribution in [2.24, 2.45) is 0 Å². The zero-order chi connectivity index (χ0) is 11.5. The molecule has 0 fully saturated rings. The Morgan fingerprint density at radius 1 is 1.12 bits per heavy atom. The summed E-state index contributed by atoms with van der Waals surface area (Å²) < 4.78 is 1.06. The lowest BCUT2D eigenvalue weighted by Gasteiger charge is -2.11. The van der Waals surface area contributed by atoms with Crippen LogP contribution in [0.1, 0.15) is 11.5 Å². The molecule has 3 heteroatoms. The van der Waals surface area contributed by atoms with Crippen LogP contribution in [0, 0.1) is 0 Å². The highest BCUT2D eigenvalue weighted by Gasteiger charge is 2.12. The molecule has 0 spiro atoms. The number of carbonyl (C=O) groups is 1. The molecule has 0 saturated heterocycles. The van der Waals surface area contributed by atoms with Crippen molar-refractivity contribution in [1.29, 1.82) is 0 Å². The van der Waals surface area contributed by atoms with Gasteiger partial charge in [0.05, 0.1) is 0 Å². The van der Waals surface area contributed by atoms with E-state index in [1.807, 2.05) is 24.3 Å². The van der Waals surface area contributed by atoms with E-state index in [9.17, 15) is 4.79 Å². The molecule has 0 aromatic heterocycles. The Morgan fingerprint density at radius 3 is 2.44 bits per heavy atom. The van der Waals surface area contributed by atoms with Gasteiger partial charge in [-0.25, -0.2) is 0 Å². The molecule has 0 aliphatic rings. The average Bonchev–Trinajstić information content (AvgIpc) is 2.34. The van der Waals surface area contributed by atoms with Crippen LogP contribution in [-0.2, 0) is 4.79 Å². The molecule has 0 heterocycles. The first-order chi connectivity index (χ1) is 7.77. The monoisotopic (exact) mass is 340 g/mol. The SMILES string of the molecule is O=CC(CBr)c1ccc(Br)c2ccccc12. The van der Waals surface area contributed by atoms with Crippen molar-refractivity contribution in [1.82, 2.24) is 0 Å². The summed E-state index contributed by atoms with van der Waals surface area (Å²) in [6.07, 6.45) is 0.991. The lowest BCUT2D eigenvalue weighted by atomic mass is 9.96. The summed E-state index contributed by atoms with van der Waals surface area (Å²) in [4.78, 5) is 11.0. The number of aldehydes is 1. The van der Waals surface area contributed by atoms with Crippen LogP contribution in [0.2, 0.25) is 0 Å². The highest BCUT2D eigenvalue weighted by atomic mass is 79.9. The van der Waals surface area contributed by atoms with E-state index in [-0.39, 0.29) is 5.92 Å². The molecule has 1 unspecified atom stereocenters. The maximum atomic E-state index is 11.0. The molecule has 16 heavy (non-hydrogen) atoms. The second kappa shape index (κ2) is 5.11. The maximum Gasteiger partial charge on any atom is 0.128 e. The van der Waals surface area contributed by atoms with E-state index in [4.69, 9.17) is 0 Å². The van der Waals surface area contributed by atoms with Crippen LogP contribution in [0.25, 0.3) is 10.8 Å². The van der Waals surface area contributed by atoms with Gasteiger partial charge in [0.1, 0.15) is 6.29 Å².